The van der Waals surface area contributed by atoms with Crippen LogP contribution in [0.5, 0.6) is 5.75 Å². The van der Waals surface area contributed by atoms with E-state index in [1.807, 2.05) is 0 Å². The zero-order valence-corrected chi connectivity index (χ0v) is 9.32. The Balaban J connectivity index is 2.27. The van der Waals surface area contributed by atoms with E-state index in [1.54, 1.807) is 0 Å². The van der Waals surface area contributed by atoms with Crippen molar-refractivity contribution >= 4 is 11.6 Å². The zero-order chi connectivity index (χ0) is 14.0. The average molecular weight is 268 g/mol. The molecule has 0 spiro atoms. The number of amides is 1. The molecular formula is C12H7F3N2O2. The summed E-state index contributed by atoms with van der Waals surface area (Å²) in [7, 11) is 0. The summed E-state index contributed by atoms with van der Waals surface area (Å²) in [5, 5.41) is 11.2. The standard InChI is InChI=1S/C12H7F3N2O2/c13-8-1-2-9(11(15)10(8)14)17-12(19)6-3-7(18)5-16-4-6/h1-5,18H,(H,17,19). The molecule has 4 nitrogen and oxygen atoms in total. The van der Waals surface area contributed by atoms with E-state index in [9.17, 15) is 18.0 Å². The first-order valence-corrected chi connectivity index (χ1v) is 5.08. The van der Waals surface area contributed by atoms with Gasteiger partial charge in [-0.2, -0.15) is 0 Å². The SMILES string of the molecule is O=C(Nc1ccc(F)c(F)c1F)c1cncc(O)c1. The van der Waals surface area contributed by atoms with Crippen LogP contribution < -0.4 is 5.32 Å². The number of carbonyl (C=O) groups is 1. The minimum absolute atomic E-state index is 0.0517. The average Bonchev–Trinajstić information content (AvgIpc) is 2.39. The molecule has 0 radical (unpaired) electrons. The van der Waals surface area contributed by atoms with Gasteiger partial charge in [0.15, 0.2) is 17.5 Å². The predicted octanol–water partition coefficient (Wildman–Crippen LogP) is 2.46. The number of nitrogens with one attached hydrogen (secondary N) is 1. The summed E-state index contributed by atoms with van der Waals surface area (Å²) in [6, 6.07) is 2.68. The molecule has 19 heavy (non-hydrogen) atoms. The van der Waals surface area contributed by atoms with Gasteiger partial charge in [0.1, 0.15) is 5.75 Å². The van der Waals surface area contributed by atoms with E-state index < -0.39 is 29.0 Å². The third-order valence-corrected chi connectivity index (χ3v) is 2.27. The summed E-state index contributed by atoms with van der Waals surface area (Å²) >= 11 is 0. The van der Waals surface area contributed by atoms with Crippen molar-refractivity contribution in [3.63, 3.8) is 0 Å². The molecule has 1 aromatic carbocycles. The van der Waals surface area contributed by atoms with Gasteiger partial charge in [-0.1, -0.05) is 0 Å². The van der Waals surface area contributed by atoms with Crippen LogP contribution in [0.3, 0.4) is 0 Å². The van der Waals surface area contributed by atoms with E-state index in [0.29, 0.717) is 6.07 Å². The molecule has 0 aliphatic heterocycles. The molecule has 0 unspecified atom stereocenters. The molecule has 0 atom stereocenters. The number of benzene rings is 1. The van der Waals surface area contributed by atoms with Crippen LogP contribution in [0.1, 0.15) is 10.4 Å². The number of nitrogens with zero attached hydrogens (tertiary/aromatic N) is 1. The monoisotopic (exact) mass is 268 g/mol. The van der Waals surface area contributed by atoms with Crippen LogP contribution in [0.2, 0.25) is 0 Å². The van der Waals surface area contributed by atoms with Gasteiger partial charge in [-0.15, -0.1) is 0 Å². The van der Waals surface area contributed by atoms with Crippen LogP contribution in [-0.4, -0.2) is 16.0 Å². The van der Waals surface area contributed by atoms with E-state index in [4.69, 9.17) is 5.11 Å². The fraction of sp³-hybridized carbons (Fsp3) is 0. The maximum absolute atomic E-state index is 13.3. The molecule has 98 valence electrons. The second kappa shape index (κ2) is 4.97. The van der Waals surface area contributed by atoms with Crippen LogP contribution in [0.15, 0.2) is 30.6 Å². The van der Waals surface area contributed by atoms with Gasteiger partial charge in [0.25, 0.3) is 5.91 Å². The fourth-order valence-corrected chi connectivity index (χ4v) is 1.37. The number of halogens is 3. The highest BCUT2D eigenvalue weighted by Gasteiger charge is 2.16. The van der Waals surface area contributed by atoms with Gasteiger partial charge in [-0.05, 0) is 18.2 Å². The molecule has 0 aliphatic carbocycles. The Morgan fingerprint density at radius 2 is 1.89 bits per heavy atom. The minimum atomic E-state index is -1.67. The van der Waals surface area contributed by atoms with Crippen LogP contribution >= 0.6 is 0 Å². The van der Waals surface area contributed by atoms with Crippen LogP contribution in [0.4, 0.5) is 18.9 Å². The highest BCUT2D eigenvalue weighted by atomic mass is 19.2. The number of aromatic nitrogens is 1. The number of rotatable bonds is 2. The Morgan fingerprint density at radius 1 is 1.16 bits per heavy atom. The van der Waals surface area contributed by atoms with Crippen molar-refractivity contribution in [2.75, 3.05) is 5.32 Å². The normalized spacial score (nSPS) is 10.3. The van der Waals surface area contributed by atoms with E-state index in [1.165, 1.54) is 0 Å². The smallest absolute Gasteiger partial charge is 0.257 e. The Hall–Kier alpha value is -2.57. The van der Waals surface area contributed by atoms with Gasteiger partial charge >= 0.3 is 0 Å². The fourth-order valence-electron chi connectivity index (χ4n) is 1.37. The van der Waals surface area contributed by atoms with Gasteiger partial charge in [-0.3, -0.25) is 9.78 Å². The first-order valence-electron chi connectivity index (χ1n) is 5.08. The molecule has 0 saturated carbocycles. The number of anilines is 1. The Bertz CT molecular complexity index is 647. The summed E-state index contributed by atoms with van der Waals surface area (Å²) < 4.78 is 39.0. The quantitative estimate of drug-likeness (QED) is 0.822. The van der Waals surface area contributed by atoms with Crippen molar-refractivity contribution < 1.29 is 23.1 Å². The molecule has 2 aromatic rings. The first kappa shape index (κ1) is 12.9. The van der Waals surface area contributed by atoms with Gasteiger partial charge in [0, 0.05) is 6.20 Å². The third kappa shape index (κ3) is 2.65. The highest BCUT2D eigenvalue weighted by Crippen LogP contribution is 2.20. The molecule has 7 heteroatoms. The Labute approximate surface area is 105 Å². The van der Waals surface area contributed by atoms with Crippen LogP contribution in [0, 0.1) is 17.5 Å². The molecule has 0 saturated heterocycles. The topological polar surface area (TPSA) is 62.2 Å². The lowest BCUT2D eigenvalue weighted by atomic mass is 10.2. The molecule has 1 amide bonds. The number of pyridine rings is 1. The maximum atomic E-state index is 13.3. The lowest BCUT2D eigenvalue weighted by Crippen LogP contribution is -2.14. The number of hydrogen-bond donors (Lipinski definition) is 2. The van der Waals surface area contributed by atoms with E-state index in [0.717, 1.165) is 24.5 Å². The third-order valence-electron chi connectivity index (χ3n) is 2.27. The van der Waals surface area contributed by atoms with Gasteiger partial charge < -0.3 is 10.4 Å². The summed E-state index contributed by atoms with van der Waals surface area (Å²) in [5.74, 6) is -5.59. The van der Waals surface area contributed by atoms with Gasteiger partial charge in [0.2, 0.25) is 0 Å². The Kier molecular flexibility index (Phi) is 3.37. The molecule has 1 heterocycles. The number of hydrogen-bond acceptors (Lipinski definition) is 3. The van der Waals surface area contributed by atoms with E-state index in [2.05, 4.69) is 10.3 Å². The molecular weight excluding hydrogens is 261 g/mol. The highest BCUT2D eigenvalue weighted by molar-refractivity contribution is 6.04. The van der Waals surface area contributed by atoms with Crippen molar-refractivity contribution in [2.24, 2.45) is 0 Å². The summed E-state index contributed by atoms with van der Waals surface area (Å²) in [6.07, 6.45) is 2.24. The number of carbonyl (C=O) groups excluding carboxylic acids is 1. The van der Waals surface area contributed by atoms with E-state index in [-0.39, 0.29) is 11.3 Å². The summed E-state index contributed by atoms with van der Waals surface area (Å²) in [5.41, 5.74) is -0.559. The first-order chi connectivity index (χ1) is 8.99. The molecule has 2 rings (SSSR count). The molecule has 0 bridgehead atoms. The van der Waals surface area contributed by atoms with Crippen LogP contribution in [0.25, 0.3) is 0 Å². The van der Waals surface area contributed by atoms with Crippen molar-refractivity contribution in [3.05, 3.63) is 53.6 Å². The molecule has 1 aromatic heterocycles. The van der Waals surface area contributed by atoms with Gasteiger partial charge in [0.05, 0.1) is 17.4 Å². The van der Waals surface area contributed by atoms with E-state index >= 15 is 0 Å². The molecule has 0 aliphatic rings. The largest absolute Gasteiger partial charge is 0.506 e. The summed E-state index contributed by atoms with van der Waals surface area (Å²) in [4.78, 5) is 15.2. The second-order valence-corrected chi connectivity index (χ2v) is 3.61. The Morgan fingerprint density at radius 3 is 2.58 bits per heavy atom. The molecule has 0 fully saturated rings. The van der Waals surface area contributed by atoms with Crippen molar-refractivity contribution in [3.8, 4) is 5.75 Å². The predicted molar refractivity (Wildman–Crippen MR) is 60.2 cm³/mol. The van der Waals surface area contributed by atoms with Crippen molar-refractivity contribution in [1.82, 2.24) is 4.98 Å². The maximum Gasteiger partial charge on any atom is 0.257 e. The zero-order valence-electron chi connectivity index (χ0n) is 9.32. The lowest BCUT2D eigenvalue weighted by Gasteiger charge is -2.07. The van der Waals surface area contributed by atoms with Crippen molar-refractivity contribution in [2.45, 2.75) is 0 Å². The van der Waals surface area contributed by atoms with Crippen molar-refractivity contribution in [1.29, 1.82) is 0 Å². The second-order valence-electron chi connectivity index (χ2n) is 3.61. The molecule has 2 N–H and O–H groups in total. The summed E-state index contributed by atoms with van der Waals surface area (Å²) in [6.45, 7) is 0. The number of aromatic hydroxyl groups is 1. The lowest BCUT2D eigenvalue weighted by molar-refractivity contribution is 0.102. The van der Waals surface area contributed by atoms with Gasteiger partial charge in [-0.25, -0.2) is 13.2 Å². The van der Waals surface area contributed by atoms with Crippen LogP contribution in [-0.2, 0) is 0 Å². The minimum Gasteiger partial charge on any atom is -0.506 e.